The lowest BCUT2D eigenvalue weighted by molar-refractivity contribution is -0.117. The maximum absolute atomic E-state index is 13.6. The Balaban J connectivity index is 1.79. The minimum Gasteiger partial charge on any atom is -0.503 e. The van der Waals surface area contributed by atoms with Crippen LogP contribution in [0.4, 0.5) is 5.13 Å². The highest BCUT2D eigenvalue weighted by Crippen LogP contribution is 2.45. The van der Waals surface area contributed by atoms with E-state index < -0.39 is 23.5 Å². The molecule has 0 spiro atoms. The van der Waals surface area contributed by atoms with Crippen LogP contribution in [0.25, 0.3) is 6.08 Å². The molecule has 1 aliphatic heterocycles. The van der Waals surface area contributed by atoms with Crippen molar-refractivity contribution in [3.63, 3.8) is 0 Å². The van der Waals surface area contributed by atoms with Crippen molar-refractivity contribution in [2.24, 2.45) is 0 Å². The minimum atomic E-state index is -1.01. The van der Waals surface area contributed by atoms with Crippen LogP contribution in [0.2, 0.25) is 0 Å². The summed E-state index contributed by atoms with van der Waals surface area (Å²) >= 11 is 1.05. The van der Waals surface area contributed by atoms with E-state index in [2.05, 4.69) is 11.9 Å². The van der Waals surface area contributed by atoms with Gasteiger partial charge in [0.05, 0.1) is 35.4 Å². The second-order valence-electron chi connectivity index (χ2n) is 9.61. The third-order valence-electron chi connectivity index (χ3n) is 6.60. The van der Waals surface area contributed by atoms with Crippen LogP contribution in [0.1, 0.15) is 72.6 Å². The molecule has 3 aromatic rings. The van der Waals surface area contributed by atoms with Crippen LogP contribution in [-0.4, -0.2) is 40.8 Å². The number of anilines is 1. The molecule has 2 heterocycles. The summed E-state index contributed by atoms with van der Waals surface area (Å²) < 4.78 is 11.9. The third-order valence-corrected chi connectivity index (χ3v) is 7.86. The summed E-state index contributed by atoms with van der Waals surface area (Å²) in [5, 5.41) is 11.3. The van der Waals surface area contributed by atoms with Gasteiger partial charge in [-0.1, -0.05) is 73.6 Å². The monoisotopic (exact) mass is 574 g/mol. The lowest BCUT2D eigenvalue weighted by Gasteiger charge is -2.25. The topological polar surface area (TPSA) is 106 Å². The van der Waals surface area contributed by atoms with Crippen molar-refractivity contribution in [2.75, 3.05) is 18.1 Å². The van der Waals surface area contributed by atoms with Crippen LogP contribution in [0.3, 0.4) is 0 Å². The number of benzene rings is 2. The summed E-state index contributed by atoms with van der Waals surface area (Å²) in [6.07, 6.45) is 5.99. The summed E-state index contributed by atoms with van der Waals surface area (Å²) in [5.41, 5.74) is 1.71. The fourth-order valence-corrected chi connectivity index (χ4v) is 5.61. The van der Waals surface area contributed by atoms with Crippen molar-refractivity contribution in [1.29, 1.82) is 0 Å². The van der Waals surface area contributed by atoms with Gasteiger partial charge in [0.2, 0.25) is 0 Å². The number of ketones is 2. The Morgan fingerprint density at radius 1 is 1.07 bits per heavy atom. The molecule has 0 saturated carbocycles. The summed E-state index contributed by atoms with van der Waals surface area (Å²) in [7, 11) is 0. The lowest BCUT2D eigenvalue weighted by atomic mass is 9.95. The first-order valence-electron chi connectivity index (χ1n) is 13.7. The molecular weight excluding hydrogens is 540 g/mol. The fraction of sp³-hybridized carbons (Fsp3) is 0.312. The molecule has 1 aliphatic rings. The number of aryl methyl sites for hydroxylation is 1. The average Bonchev–Trinajstić information content (AvgIpc) is 3.47. The van der Waals surface area contributed by atoms with Gasteiger partial charge in [-0.05, 0) is 49.6 Å². The van der Waals surface area contributed by atoms with Crippen LogP contribution in [-0.2, 0) is 9.59 Å². The van der Waals surface area contributed by atoms with Crippen molar-refractivity contribution < 1.29 is 29.0 Å². The summed E-state index contributed by atoms with van der Waals surface area (Å²) in [6, 6.07) is 13.5. The number of amides is 1. The number of aromatic nitrogens is 1. The van der Waals surface area contributed by atoms with Crippen molar-refractivity contribution in [2.45, 2.75) is 53.0 Å². The number of unbranched alkanes of at least 4 members (excludes halogenated alkanes) is 2. The van der Waals surface area contributed by atoms with Crippen molar-refractivity contribution in [3.8, 4) is 11.5 Å². The van der Waals surface area contributed by atoms with E-state index in [4.69, 9.17) is 9.47 Å². The predicted octanol–water partition coefficient (Wildman–Crippen LogP) is 6.80. The van der Waals surface area contributed by atoms with E-state index in [9.17, 15) is 19.5 Å². The lowest BCUT2D eigenvalue weighted by Crippen LogP contribution is -2.31. The van der Waals surface area contributed by atoms with E-state index in [1.54, 1.807) is 31.2 Å². The fourth-order valence-electron chi connectivity index (χ4n) is 4.62. The molecule has 8 nitrogen and oxygen atoms in total. The molecule has 1 unspecified atom stereocenters. The maximum Gasteiger partial charge on any atom is 0.296 e. The Kier molecular flexibility index (Phi) is 9.73. The highest BCUT2D eigenvalue weighted by molar-refractivity contribution is 7.17. The number of allylic oxidation sites excluding steroid dienone is 1. The number of nitrogens with zero attached hydrogens (tertiary/aromatic N) is 2. The molecule has 1 atom stereocenters. The van der Waals surface area contributed by atoms with Gasteiger partial charge in [-0.3, -0.25) is 19.3 Å². The summed E-state index contributed by atoms with van der Waals surface area (Å²) in [5.74, 6) is -1.12. The summed E-state index contributed by atoms with van der Waals surface area (Å²) in [4.78, 5) is 45.4. The second-order valence-corrected chi connectivity index (χ2v) is 10.6. The Labute approximate surface area is 243 Å². The second kappa shape index (κ2) is 13.4. The van der Waals surface area contributed by atoms with Gasteiger partial charge in [-0.2, -0.15) is 0 Å². The molecular formula is C32H34N2O6S. The standard InChI is InChI=1S/C32H34N2O6S/c1-5-7-11-18-40-25-17-15-23(19-26(25)39-6-2)28-27(24(36)16-14-22-12-9-8-10-13-22)29(37)31(38)34(28)32-33-20(3)30(41-32)21(4)35/h8-10,12-17,19,28,37H,5-7,11,18H2,1-4H3. The van der Waals surface area contributed by atoms with Gasteiger partial charge in [0.25, 0.3) is 5.91 Å². The van der Waals surface area contributed by atoms with Gasteiger partial charge in [0.1, 0.15) is 0 Å². The van der Waals surface area contributed by atoms with Gasteiger partial charge in [-0.25, -0.2) is 4.98 Å². The number of thiazole rings is 1. The van der Waals surface area contributed by atoms with E-state index in [0.717, 1.165) is 36.2 Å². The largest absolute Gasteiger partial charge is 0.503 e. The minimum absolute atomic E-state index is 0.0847. The van der Waals surface area contributed by atoms with Gasteiger partial charge in [0, 0.05) is 6.92 Å². The van der Waals surface area contributed by atoms with Crippen molar-refractivity contribution in [3.05, 3.63) is 87.6 Å². The van der Waals surface area contributed by atoms with Crippen LogP contribution >= 0.6 is 11.3 Å². The molecule has 1 aromatic heterocycles. The molecule has 4 rings (SSSR count). The predicted molar refractivity (Wildman–Crippen MR) is 160 cm³/mol. The number of rotatable bonds is 13. The van der Waals surface area contributed by atoms with Gasteiger partial charge in [-0.15, -0.1) is 0 Å². The van der Waals surface area contributed by atoms with Gasteiger partial charge >= 0.3 is 0 Å². The van der Waals surface area contributed by atoms with Crippen LogP contribution in [0, 0.1) is 6.92 Å². The zero-order valence-electron chi connectivity index (χ0n) is 23.7. The first-order chi connectivity index (χ1) is 19.8. The molecule has 0 aliphatic carbocycles. The number of carbonyl (C=O) groups is 3. The molecule has 0 bridgehead atoms. The Morgan fingerprint density at radius 2 is 1.83 bits per heavy atom. The van der Waals surface area contributed by atoms with Gasteiger partial charge in [0.15, 0.2) is 34.0 Å². The van der Waals surface area contributed by atoms with Crippen LogP contribution < -0.4 is 14.4 Å². The normalized spacial score (nSPS) is 15.2. The molecule has 41 heavy (non-hydrogen) atoms. The van der Waals surface area contributed by atoms with E-state index in [1.807, 2.05) is 37.3 Å². The Morgan fingerprint density at radius 3 is 2.49 bits per heavy atom. The number of aliphatic hydroxyl groups excluding tert-OH is 1. The van der Waals surface area contributed by atoms with Crippen LogP contribution in [0.5, 0.6) is 11.5 Å². The quantitative estimate of drug-likeness (QED) is 0.136. The van der Waals surface area contributed by atoms with Gasteiger partial charge < -0.3 is 14.6 Å². The zero-order valence-corrected chi connectivity index (χ0v) is 24.5. The average molecular weight is 575 g/mol. The third kappa shape index (κ3) is 6.57. The Bertz CT molecular complexity index is 1490. The number of ether oxygens (including phenoxy) is 2. The Hall–Kier alpha value is -4.24. The van der Waals surface area contributed by atoms with E-state index in [1.165, 1.54) is 17.9 Å². The first-order valence-corrected chi connectivity index (χ1v) is 14.5. The highest BCUT2D eigenvalue weighted by atomic mass is 32.1. The van der Waals surface area contributed by atoms with E-state index >= 15 is 0 Å². The number of hydrogen-bond acceptors (Lipinski definition) is 8. The SMILES string of the molecule is CCCCCOc1ccc(C2C(C(=O)C=Cc3ccccc3)=C(O)C(=O)N2c2nc(C)c(C(C)=O)s2)cc1OCC. The molecule has 1 amide bonds. The number of hydrogen-bond donors (Lipinski definition) is 1. The molecule has 0 radical (unpaired) electrons. The number of Topliss-reactive ketones (excluding diaryl/α,β-unsaturated/α-hetero) is 1. The zero-order chi connectivity index (χ0) is 29.5. The highest BCUT2D eigenvalue weighted by Gasteiger charge is 2.45. The van der Waals surface area contributed by atoms with E-state index in [0.29, 0.717) is 40.8 Å². The number of carbonyl (C=O) groups excluding carboxylic acids is 3. The first kappa shape index (κ1) is 29.7. The van der Waals surface area contributed by atoms with Crippen molar-refractivity contribution in [1.82, 2.24) is 4.98 Å². The molecule has 9 heteroatoms. The maximum atomic E-state index is 13.6. The molecule has 214 valence electrons. The molecule has 0 saturated heterocycles. The molecule has 2 aromatic carbocycles. The van der Waals surface area contributed by atoms with Crippen molar-refractivity contribution >= 4 is 40.0 Å². The van der Waals surface area contributed by atoms with E-state index in [-0.39, 0.29) is 16.5 Å². The van der Waals surface area contributed by atoms with Crippen LogP contribution in [0.15, 0.2) is 65.9 Å². The molecule has 0 fully saturated rings. The smallest absolute Gasteiger partial charge is 0.296 e. The molecule has 1 N–H and O–H groups in total. The number of aliphatic hydroxyl groups is 1. The summed E-state index contributed by atoms with van der Waals surface area (Å²) in [6.45, 7) is 8.00.